The largest absolute Gasteiger partial charge is 0.396 e. The van der Waals surface area contributed by atoms with Crippen LogP contribution in [0.15, 0.2) is 65.5 Å². The average Bonchev–Trinajstić information content (AvgIpc) is 3.15. The van der Waals surface area contributed by atoms with Gasteiger partial charge in [0.25, 0.3) is 0 Å². The summed E-state index contributed by atoms with van der Waals surface area (Å²) in [5.41, 5.74) is 2.06. The number of hydrogen-bond donors (Lipinski definition) is 3. The van der Waals surface area contributed by atoms with Gasteiger partial charge < -0.3 is 15.7 Å². The zero-order valence-corrected chi connectivity index (χ0v) is 17.7. The first kappa shape index (κ1) is 20.2. The van der Waals surface area contributed by atoms with E-state index in [9.17, 15) is 4.79 Å². The van der Waals surface area contributed by atoms with Gasteiger partial charge in [0, 0.05) is 29.4 Å². The second-order valence-electron chi connectivity index (χ2n) is 6.98. The molecule has 0 fully saturated rings. The summed E-state index contributed by atoms with van der Waals surface area (Å²) in [4.78, 5) is 21.9. The van der Waals surface area contributed by atoms with E-state index in [4.69, 9.17) is 5.11 Å². The van der Waals surface area contributed by atoms with Gasteiger partial charge in [-0.2, -0.15) is 10.1 Å². The molecule has 30 heavy (non-hydrogen) atoms. The summed E-state index contributed by atoms with van der Waals surface area (Å²) in [7, 11) is 0. The number of benzene rings is 1. The maximum absolute atomic E-state index is 13.3. The summed E-state index contributed by atoms with van der Waals surface area (Å²) >= 11 is 3.46. The summed E-state index contributed by atoms with van der Waals surface area (Å²) in [6.45, 7) is 4.17. The molecule has 2 aromatic heterocycles. The molecule has 154 valence electrons. The first-order valence-corrected chi connectivity index (χ1v) is 10.3. The van der Waals surface area contributed by atoms with Crippen LogP contribution in [0.4, 0.5) is 11.6 Å². The Hall–Kier alpha value is -3.04. The number of amides is 1. The van der Waals surface area contributed by atoms with Crippen LogP contribution in [-0.2, 0) is 11.2 Å². The van der Waals surface area contributed by atoms with E-state index in [-0.39, 0.29) is 12.5 Å². The lowest BCUT2D eigenvalue weighted by molar-refractivity contribution is -0.119. The number of anilines is 2. The van der Waals surface area contributed by atoms with Gasteiger partial charge in [-0.05, 0) is 36.2 Å². The molecule has 1 aliphatic rings. The molecule has 3 N–H and O–H groups in total. The number of aromatic nitrogens is 4. The predicted molar refractivity (Wildman–Crippen MR) is 117 cm³/mol. The molecule has 3 heterocycles. The Morgan fingerprint density at radius 2 is 2.10 bits per heavy atom. The molecule has 0 bridgehead atoms. The number of aliphatic hydroxyl groups excluding tert-OH is 1. The van der Waals surface area contributed by atoms with Gasteiger partial charge in [0.2, 0.25) is 11.9 Å². The third kappa shape index (κ3) is 4.12. The lowest BCUT2D eigenvalue weighted by Crippen LogP contribution is -2.39. The maximum Gasteiger partial charge on any atom is 0.236 e. The lowest BCUT2D eigenvalue weighted by atomic mass is 9.88. The van der Waals surface area contributed by atoms with Gasteiger partial charge >= 0.3 is 0 Å². The number of nitrogens with zero attached hydrogens (tertiary/aromatic N) is 4. The third-order valence-electron chi connectivity index (χ3n) is 4.88. The van der Waals surface area contributed by atoms with Gasteiger partial charge in [-0.25, -0.2) is 4.68 Å². The van der Waals surface area contributed by atoms with E-state index in [1.165, 1.54) is 0 Å². The molecule has 8 nitrogen and oxygen atoms in total. The van der Waals surface area contributed by atoms with Crippen LogP contribution in [0.1, 0.15) is 23.9 Å². The number of aliphatic hydroxyl groups is 1. The first-order chi connectivity index (χ1) is 14.6. The molecule has 1 aromatic carbocycles. The van der Waals surface area contributed by atoms with Crippen molar-refractivity contribution in [3.8, 4) is 0 Å². The van der Waals surface area contributed by atoms with Crippen LogP contribution in [0.2, 0.25) is 0 Å². The molecule has 4 rings (SSSR count). The molecule has 1 aliphatic heterocycles. The highest BCUT2D eigenvalue weighted by Gasteiger charge is 2.40. The number of carbonyl (C=O) groups is 1. The Morgan fingerprint density at radius 1 is 1.30 bits per heavy atom. The Bertz CT molecular complexity index is 1050. The van der Waals surface area contributed by atoms with Gasteiger partial charge in [-0.15, -0.1) is 0 Å². The highest BCUT2D eigenvalue weighted by molar-refractivity contribution is 9.10. The van der Waals surface area contributed by atoms with Gasteiger partial charge in [0.15, 0.2) is 5.82 Å². The van der Waals surface area contributed by atoms with E-state index >= 15 is 0 Å². The van der Waals surface area contributed by atoms with Crippen molar-refractivity contribution in [1.29, 1.82) is 0 Å². The van der Waals surface area contributed by atoms with Crippen LogP contribution in [0.25, 0.3) is 0 Å². The molecule has 0 unspecified atom stereocenters. The van der Waals surface area contributed by atoms with Crippen LogP contribution >= 0.6 is 15.9 Å². The number of fused-ring (bicyclic) bond motifs is 1. The van der Waals surface area contributed by atoms with Crippen molar-refractivity contribution in [2.45, 2.75) is 18.9 Å². The van der Waals surface area contributed by atoms with E-state index in [0.29, 0.717) is 36.0 Å². The molecule has 0 spiro atoms. The molecular weight excluding hydrogens is 448 g/mol. The minimum atomic E-state index is -0.619. The fourth-order valence-corrected chi connectivity index (χ4v) is 3.76. The second kappa shape index (κ2) is 8.76. The molecule has 9 heteroatoms. The van der Waals surface area contributed by atoms with Crippen molar-refractivity contribution in [1.82, 2.24) is 19.7 Å². The van der Waals surface area contributed by atoms with Crippen molar-refractivity contribution in [3.63, 3.8) is 0 Å². The lowest BCUT2D eigenvalue weighted by Gasteiger charge is -2.33. The Morgan fingerprint density at radius 3 is 2.80 bits per heavy atom. The number of nitrogens with one attached hydrogen (secondary N) is 2. The van der Waals surface area contributed by atoms with Crippen LogP contribution < -0.4 is 10.6 Å². The van der Waals surface area contributed by atoms with Gasteiger partial charge in [0.05, 0.1) is 17.9 Å². The van der Waals surface area contributed by atoms with Crippen molar-refractivity contribution in [2.24, 2.45) is 5.92 Å². The predicted octanol–water partition coefficient (Wildman–Crippen LogP) is 3.14. The average molecular weight is 469 g/mol. The Kier molecular flexibility index (Phi) is 5.91. The van der Waals surface area contributed by atoms with Crippen LogP contribution in [0, 0.1) is 5.92 Å². The zero-order chi connectivity index (χ0) is 21.1. The van der Waals surface area contributed by atoms with Crippen LogP contribution in [0.3, 0.4) is 0 Å². The first-order valence-electron chi connectivity index (χ1n) is 9.55. The van der Waals surface area contributed by atoms with E-state index in [0.717, 1.165) is 10.0 Å². The molecule has 3 aromatic rings. The van der Waals surface area contributed by atoms with Gasteiger partial charge in [-0.1, -0.05) is 34.6 Å². The Labute approximate surface area is 182 Å². The summed E-state index contributed by atoms with van der Waals surface area (Å²) in [5.74, 6) is 0.304. The highest BCUT2D eigenvalue weighted by Crippen LogP contribution is 2.38. The second-order valence-corrected chi connectivity index (χ2v) is 7.89. The normalized spacial score (nSPS) is 17.9. The summed E-state index contributed by atoms with van der Waals surface area (Å²) in [5, 5.41) is 19.8. The van der Waals surface area contributed by atoms with Crippen LogP contribution in [0.5, 0.6) is 0 Å². The molecule has 0 saturated heterocycles. The van der Waals surface area contributed by atoms with Gasteiger partial charge in [-0.3, -0.25) is 9.78 Å². The number of hydrogen-bond acceptors (Lipinski definition) is 6. The summed E-state index contributed by atoms with van der Waals surface area (Å²) in [6.07, 6.45) is 4.36. The number of pyridine rings is 1. The maximum atomic E-state index is 13.3. The summed E-state index contributed by atoms with van der Waals surface area (Å²) < 4.78 is 2.68. The van der Waals surface area contributed by atoms with Gasteiger partial charge in [0.1, 0.15) is 5.92 Å². The van der Waals surface area contributed by atoms with E-state index in [2.05, 4.69) is 48.2 Å². The molecule has 0 aliphatic carbocycles. The van der Waals surface area contributed by atoms with Crippen molar-refractivity contribution >= 4 is 33.5 Å². The fraction of sp³-hybridized carbons (Fsp3) is 0.238. The third-order valence-corrected chi connectivity index (χ3v) is 5.41. The van der Waals surface area contributed by atoms with E-state index < -0.39 is 12.0 Å². The smallest absolute Gasteiger partial charge is 0.236 e. The fourth-order valence-electron chi connectivity index (χ4n) is 3.49. The van der Waals surface area contributed by atoms with Crippen molar-refractivity contribution in [3.05, 3.63) is 76.9 Å². The van der Waals surface area contributed by atoms with Crippen molar-refractivity contribution in [2.75, 3.05) is 17.2 Å². The zero-order valence-electron chi connectivity index (χ0n) is 16.1. The monoisotopic (exact) mass is 468 g/mol. The molecule has 0 saturated carbocycles. The SMILES string of the molecule is C=C1Nc2nc(CCCO)nn2[C@@H](c2ccc(Br)cc2)[C@H]1C(=O)Nc1cccnc1. The topological polar surface area (TPSA) is 105 Å². The molecular formula is C21H21BrN6O2. The van der Waals surface area contributed by atoms with Crippen molar-refractivity contribution < 1.29 is 9.90 Å². The molecule has 0 radical (unpaired) electrons. The Balaban J connectivity index is 1.73. The van der Waals surface area contributed by atoms with E-state index in [1.807, 2.05) is 24.3 Å². The quantitative estimate of drug-likeness (QED) is 0.513. The molecule has 1 amide bonds. The number of carbonyl (C=O) groups excluding carboxylic acids is 1. The minimum Gasteiger partial charge on any atom is -0.396 e. The number of halogens is 1. The number of aryl methyl sites for hydroxylation is 1. The summed E-state index contributed by atoms with van der Waals surface area (Å²) in [6, 6.07) is 10.9. The van der Waals surface area contributed by atoms with Crippen LogP contribution in [-0.4, -0.2) is 37.4 Å². The highest BCUT2D eigenvalue weighted by atomic mass is 79.9. The van der Waals surface area contributed by atoms with E-state index in [1.54, 1.807) is 29.2 Å². The minimum absolute atomic E-state index is 0.0658. The number of rotatable bonds is 6. The standard InChI is InChI=1S/C21H21BrN6O2/c1-13-18(20(30)25-16-4-2-10-23-12-16)19(14-6-8-15(22)9-7-14)28-21(24-13)26-17(27-28)5-3-11-29/h2,4,6-10,12,18-19,29H,1,3,5,11H2,(H,25,30)(H,24,26,27)/t18-,19-/m0/s1. The molecule has 2 atom stereocenters.